The number of carbonyl (C=O) groups is 1. The number of methoxy groups -OCH3 is 1. The van der Waals surface area contributed by atoms with E-state index in [1.54, 1.807) is 42.4 Å². The van der Waals surface area contributed by atoms with Crippen LogP contribution in [-0.2, 0) is 17.1 Å². The van der Waals surface area contributed by atoms with Crippen molar-refractivity contribution in [1.82, 2.24) is 10.3 Å². The van der Waals surface area contributed by atoms with E-state index in [1.807, 2.05) is 24.3 Å². The first-order chi connectivity index (χ1) is 13.6. The molecule has 1 amide bonds. The van der Waals surface area contributed by atoms with Gasteiger partial charge in [-0.05, 0) is 36.4 Å². The third-order valence-corrected chi connectivity index (χ3v) is 5.00. The highest BCUT2D eigenvalue weighted by Gasteiger charge is 2.11. The van der Waals surface area contributed by atoms with Crippen LogP contribution in [0.25, 0.3) is 0 Å². The molecule has 3 rings (SSSR count). The normalized spacial score (nSPS) is 10.5. The van der Waals surface area contributed by atoms with Gasteiger partial charge in [-0.1, -0.05) is 11.6 Å². The van der Waals surface area contributed by atoms with Crippen LogP contribution < -0.4 is 14.8 Å². The Morgan fingerprint density at radius 2 is 2.07 bits per heavy atom. The molecule has 2 heterocycles. The molecule has 1 N–H and O–H groups in total. The van der Waals surface area contributed by atoms with Crippen molar-refractivity contribution >= 4 is 29.3 Å². The van der Waals surface area contributed by atoms with Crippen LogP contribution in [0.3, 0.4) is 0 Å². The molecule has 0 saturated carbocycles. The largest absolute Gasteiger partial charge is 0.491 e. The van der Waals surface area contributed by atoms with Crippen molar-refractivity contribution < 1.29 is 18.7 Å². The van der Waals surface area contributed by atoms with E-state index in [1.165, 1.54) is 7.11 Å². The second-order valence-electron chi connectivity index (χ2n) is 5.71. The quantitative estimate of drug-likeness (QED) is 0.521. The van der Waals surface area contributed by atoms with Gasteiger partial charge in [0.15, 0.2) is 18.1 Å². The van der Waals surface area contributed by atoms with Crippen LogP contribution in [0.4, 0.5) is 0 Å². The van der Waals surface area contributed by atoms with Crippen molar-refractivity contribution in [2.45, 2.75) is 17.2 Å². The third kappa shape index (κ3) is 5.94. The number of halogens is 1. The first-order valence-corrected chi connectivity index (χ1v) is 9.83. The van der Waals surface area contributed by atoms with Crippen LogP contribution in [0.2, 0.25) is 5.02 Å². The maximum absolute atomic E-state index is 12.0. The first kappa shape index (κ1) is 20.1. The van der Waals surface area contributed by atoms with Gasteiger partial charge in [0, 0.05) is 21.7 Å². The van der Waals surface area contributed by atoms with Crippen LogP contribution in [0, 0.1) is 0 Å². The molecule has 0 fully saturated rings. The first-order valence-electron chi connectivity index (χ1n) is 8.47. The zero-order valence-corrected chi connectivity index (χ0v) is 16.8. The minimum Gasteiger partial charge on any atom is -0.491 e. The van der Waals surface area contributed by atoms with Crippen LogP contribution >= 0.6 is 23.4 Å². The lowest BCUT2D eigenvalue weighted by Crippen LogP contribution is -2.28. The summed E-state index contributed by atoms with van der Waals surface area (Å²) in [4.78, 5) is 17.4. The summed E-state index contributed by atoms with van der Waals surface area (Å²) in [5.41, 5.74) is 0.812. The highest BCUT2D eigenvalue weighted by Crippen LogP contribution is 2.29. The molecule has 146 valence electrons. The molecule has 0 saturated heterocycles. The number of thioether (sulfide) groups is 1. The highest BCUT2D eigenvalue weighted by atomic mass is 35.5. The zero-order chi connectivity index (χ0) is 19.8. The minimum absolute atomic E-state index is 0.134. The van der Waals surface area contributed by atoms with Crippen molar-refractivity contribution in [3.63, 3.8) is 0 Å². The summed E-state index contributed by atoms with van der Waals surface area (Å²) in [6.45, 7) is 0.177. The molecule has 8 heteroatoms. The van der Waals surface area contributed by atoms with Gasteiger partial charge in [0.2, 0.25) is 0 Å². The summed E-state index contributed by atoms with van der Waals surface area (Å²) in [7, 11) is 1.53. The lowest BCUT2D eigenvalue weighted by atomic mass is 10.3. The van der Waals surface area contributed by atoms with Crippen LogP contribution in [-0.4, -0.2) is 24.6 Å². The third-order valence-electron chi connectivity index (χ3n) is 3.71. The fraction of sp³-hybridized carbons (Fsp3) is 0.200. The molecular weight excluding hydrogens is 400 g/mol. The van der Waals surface area contributed by atoms with E-state index in [4.69, 9.17) is 25.5 Å². The summed E-state index contributed by atoms with van der Waals surface area (Å²) in [6, 6.07) is 12.9. The lowest BCUT2D eigenvalue weighted by Gasteiger charge is -2.12. The number of aromatic nitrogens is 1. The van der Waals surface area contributed by atoms with Crippen LogP contribution in [0.5, 0.6) is 11.5 Å². The van der Waals surface area contributed by atoms with Gasteiger partial charge in [-0.2, -0.15) is 0 Å². The SMILES string of the molecule is COc1cnc(CSc2ccc(Cl)cc2)cc1OCC(=O)NCc1ccco1. The molecule has 2 aromatic heterocycles. The Labute approximate surface area is 172 Å². The molecule has 0 radical (unpaired) electrons. The summed E-state index contributed by atoms with van der Waals surface area (Å²) in [5.74, 6) is 2.01. The number of amides is 1. The maximum Gasteiger partial charge on any atom is 0.258 e. The Morgan fingerprint density at radius 1 is 1.25 bits per heavy atom. The van der Waals surface area contributed by atoms with Gasteiger partial charge in [0.1, 0.15) is 5.76 Å². The fourth-order valence-corrected chi connectivity index (χ4v) is 3.22. The van der Waals surface area contributed by atoms with Gasteiger partial charge in [-0.15, -0.1) is 11.8 Å². The number of nitrogens with zero attached hydrogens (tertiary/aromatic N) is 1. The summed E-state index contributed by atoms with van der Waals surface area (Å²) >= 11 is 7.53. The number of benzene rings is 1. The van der Waals surface area contributed by atoms with Gasteiger partial charge in [-0.25, -0.2) is 0 Å². The number of furan rings is 1. The van der Waals surface area contributed by atoms with Gasteiger partial charge < -0.3 is 19.2 Å². The molecular formula is C20H19ClN2O4S. The van der Waals surface area contributed by atoms with E-state index < -0.39 is 0 Å². The number of nitrogens with one attached hydrogen (secondary N) is 1. The van der Waals surface area contributed by atoms with Crippen LogP contribution in [0.15, 0.2) is 64.2 Å². The van der Waals surface area contributed by atoms with E-state index in [9.17, 15) is 4.79 Å². The molecule has 0 unspecified atom stereocenters. The van der Waals surface area contributed by atoms with Gasteiger partial charge in [0.05, 0.1) is 31.8 Å². The standard InChI is InChI=1S/C20H19ClN2O4S/c1-25-19-11-22-15(13-28-17-6-4-14(21)5-7-17)9-18(19)27-12-20(24)23-10-16-3-2-8-26-16/h2-9,11H,10,12-13H2,1H3,(H,23,24). The average Bonchev–Trinajstić information content (AvgIpc) is 3.24. The molecule has 0 aliphatic carbocycles. The Bertz CT molecular complexity index is 901. The molecule has 0 aliphatic heterocycles. The van der Waals surface area contributed by atoms with E-state index in [2.05, 4.69) is 10.3 Å². The predicted molar refractivity (Wildman–Crippen MR) is 108 cm³/mol. The Kier molecular flexibility index (Phi) is 7.22. The Hall–Kier alpha value is -2.64. The van der Waals surface area contributed by atoms with Crippen molar-refractivity contribution in [2.75, 3.05) is 13.7 Å². The molecule has 0 spiro atoms. The topological polar surface area (TPSA) is 73.6 Å². The number of rotatable bonds is 9. The number of ether oxygens (including phenoxy) is 2. The van der Waals surface area contributed by atoms with Crippen molar-refractivity contribution in [2.24, 2.45) is 0 Å². The number of hydrogen-bond acceptors (Lipinski definition) is 6. The van der Waals surface area contributed by atoms with Gasteiger partial charge in [-0.3, -0.25) is 9.78 Å². The van der Waals surface area contributed by atoms with Crippen molar-refractivity contribution in [3.8, 4) is 11.5 Å². The molecule has 0 bridgehead atoms. The van der Waals surface area contributed by atoms with Crippen molar-refractivity contribution in [3.05, 3.63) is 71.4 Å². The highest BCUT2D eigenvalue weighted by molar-refractivity contribution is 7.98. The second kappa shape index (κ2) is 10.1. The number of carbonyl (C=O) groups excluding carboxylic acids is 1. The minimum atomic E-state index is -0.257. The van der Waals surface area contributed by atoms with E-state index >= 15 is 0 Å². The summed E-state index contributed by atoms with van der Waals surface area (Å²) in [6.07, 6.45) is 3.15. The monoisotopic (exact) mass is 418 g/mol. The molecule has 0 aliphatic rings. The maximum atomic E-state index is 12.0. The molecule has 6 nitrogen and oxygen atoms in total. The van der Waals surface area contributed by atoms with E-state index in [0.29, 0.717) is 34.6 Å². The number of hydrogen-bond donors (Lipinski definition) is 1. The molecule has 0 atom stereocenters. The molecule has 3 aromatic rings. The van der Waals surface area contributed by atoms with E-state index in [0.717, 1.165) is 10.6 Å². The Balaban J connectivity index is 1.55. The van der Waals surface area contributed by atoms with Gasteiger partial charge >= 0.3 is 0 Å². The van der Waals surface area contributed by atoms with E-state index in [-0.39, 0.29) is 12.5 Å². The van der Waals surface area contributed by atoms with Crippen molar-refractivity contribution in [1.29, 1.82) is 0 Å². The smallest absolute Gasteiger partial charge is 0.258 e. The summed E-state index contributed by atoms with van der Waals surface area (Å²) in [5, 5.41) is 3.43. The number of pyridine rings is 1. The van der Waals surface area contributed by atoms with Crippen LogP contribution in [0.1, 0.15) is 11.5 Å². The summed E-state index contributed by atoms with van der Waals surface area (Å²) < 4.78 is 16.1. The Morgan fingerprint density at radius 3 is 2.79 bits per heavy atom. The second-order valence-corrected chi connectivity index (χ2v) is 7.20. The lowest BCUT2D eigenvalue weighted by molar-refractivity contribution is -0.123. The fourth-order valence-electron chi connectivity index (χ4n) is 2.29. The molecule has 28 heavy (non-hydrogen) atoms. The predicted octanol–water partition coefficient (Wildman–Crippen LogP) is 4.32. The molecule has 1 aromatic carbocycles. The average molecular weight is 419 g/mol. The van der Waals surface area contributed by atoms with Gasteiger partial charge in [0.25, 0.3) is 5.91 Å². The zero-order valence-electron chi connectivity index (χ0n) is 15.2.